The summed E-state index contributed by atoms with van der Waals surface area (Å²) in [6.45, 7) is 4.43. The summed E-state index contributed by atoms with van der Waals surface area (Å²) in [4.78, 5) is 26.1. The molecular weight excluding hydrogens is 456 g/mol. The number of imidazole rings is 1. The SMILES string of the molecule is COC(C)(C)c1nc2ncc(F)c(C3CCN(C(=O)c4ccc(OC(F)(F)F)cc4)CC3)c2[nH]1. The highest BCUT2D eigenvalue weighted by molar-refractivity contribution is 5.94. The van der Waals surface area contributed by atoms with Gasteiger partial charge in [0.1, 0.15) is 23.0 Å². The average Bonchev–Trinajstić information content (AvgIpc) is 3.23. The van der Waals surface area contributed by atoms with Crippen molar-refractivity contribution in [1.29, 1.82) is 0 Å². The molecule has 1 aromatic carbocycles. The molecule has 0 unspecified atom stereocenters. The summed E-state index contributed by atoms with van der Waals surface area (Å²) in [5, 5.41) is 0. The third-order valence-corrected chi connectivity index (χ3v) is 6.12. The first-order valence-electron chi connectivity index (χ1n) is 10.7. The third kappa shape index (κ3) is 4.84. The lowest BCUT2D eigenvalue weighted by atomic mass is 9.88. The van der Waals surface area contributed by atoms with Crippen molar-refractivity contribution >= 4 is 17.1 Å². The highest BCUT2D eigenvalue weighted by Crippen LogP contribution is 2.35. The van der Waals surface area contributed by atoms with Crippen LogP contribution < -0.4 is 4.74 Å². The summed E-state index contributed by atoms with van der Waals surface area (Å²) < 4.78 is 61.1. The highest BCUT2D eigenvalue weighted by Gasteiger charge is 2.32. The number of rotatable bonds is 5. The number of carbonyl (C=O) groups excluding carboxylic acids is 1. The van der Waals surface area contributed by atoms with Gasteiger partial charge in [-0.2, -0.15) is 0 Å². The van der Waals surface area contributed by atoms with E-state index >= 15 is 0 Å². The van der Waals surface area contributed by atoms with E-state index in [1.807, 2.05) is 13.8 Å². The van der Waals surface area contributed by atoms with Gasteiger partial charge in [0, 0.05) is 31.3 Å². The second-order valence-electron chi connectivity index (χ2n) is 8.66. The maximum absolute atomic E-state index is 14.9. The minimum absolute atomic E-state index is 0.156. The normalized spacial score (nSPS) is 15.7. The molecule has 7 nitrogen and oxygen atoms in total. The standard InChI is InChI=1S/C23H24F4N4O3/c1-22(2,33-3)21-29-18-17(16(24)12-28-19(18)30-21)13-8-10-31(11-9-13)20(32)14-4-6-15(7-5-14)34-23(25,26)27/h4-7,12-13H,8-11H2,1-3H3,(H,28,29,30). The van der Waals surface area contributed by atoms with E-state index in [1.54, 1.807) is 12.0 Å². The number of aromatic amines is 1. The zero-order valence-corrected chi connectivity index (χ0v) is 18.9. The largest absolute Gasteiger partial charge is 0.573 e. The Labute approximate surface area is 193 Å². The smallest absolute Gasteiger partial charge is 0.406 e. The van der Waals surface area contributed by atoms with Gasteiger partial charge >= 0.3 is 6.36 Å². The molecule has 0 atom stereocenters. The van der Waals surface area contributed by atoms with Crippen LogP contribution in [0, 0.1) is 5.82 Å². The van der Waals surface area contributed by atoms with Crippen LogP contribution in [0.4, 0.5) is 17.6 Å². The molecule has 11 heteroatoms. The van der Waals surface area contributed by atoms with Crippen LogP contribution in [0.3, 0.4) is 0 Å². The molecule has 4 rings (SSSR count). The van der Waals surface area contributed by atoms with E-state index in [1.165, 1.54) is 12.1 Å². The van der Waals surface area contributed by atoms with Gasteiger partial charge in [-0.3, -0.25) is 4.79 Å². The van der Waals surface area contributed by atoms with E-state index < -0.39 is 23.5 Å². The lowest BCUT2D eigenvalue weighted by molar-refractivity contribution is -0.274. The van der Waals surface area contributed by atoms with Crippen molar-refractivity contribution in [3.63, 3.8) is 0 Å². The van der Waals surface area contributed by atoms with Crippen LogP contribution in [0.15, 0.2) is 30.5 Å². The molecule has 1 aliphatic rings. The molecule has 2 aromatic heterocycles. The predicted octanol–water partition coefficient (Wildman–Crippen LogP) is 4.90. The van der Waals surface area contributed by atoms with Crippen LogP contribution in [0.1, 0.15) is 54.4 Å². The molecule has 34 heavy (non-hydrogen) atoms. The van der Waals surface area contributed by atoms with Gasteiger partial charge < -0.3 is 19.4 Å². The monoisotopic (exact) mass is 480 g/mol. The number of hydrogen-bond donors (Lipinski definition) is 1. The number of amides is 1. The van der Waals surface area contributed by atoms with Crippen molar-refractivity contribution in [2.24, 2.45) is 0 Å². The highest BCUT2D eigenvalue weighted by atomic mass is 19.4. The lowest BCUT2D eigenvalue weighted by Crippen LogP contribution is -2.38. The Morgan fingerprint density at radius 2 is 1.79 bits per heavy atom. The third-order valence-electron chi connectivity index (χ3n) is 6.12. The lowest BCUT2D eigenvalue weighted by Gasteiger charge is -2.32. The summed E-state index contributed by atoms with van der Waals surface area (Å²) >= 11 is 0. The number of fused-ring (bicyclic) bond motifs is 1. The van der Waals surface area contributed by atoms with E-state index in [9.17, 15) is 22.4 Å². The predicted molar refractivity (Wildman–Crippen MR) is 115 cm³/mol. The summed E-state index contributed by atoms with van der Waals surface area (Å²) in [5.74, 6) is -0.757. The van der Waals surface area contributed by atoms with Gasteiger partial charge in [-0.25, -0.2) is 14.4 Å². The van der Waals surface area contributed by atoms with Crippen molar-refractivity contribution in [3.8, 4) is 5.75 Å². The maximum atomic E-state index is 14.9. The van der Waals surface area contributed by atoms with Crippen molar-refractivity contribution in [3.05, 3.63) is 53.2 Å². The number of pyridine rings is 1. The number of benzene rings is 1. The van der Waals surface area contributed by atoms with Crippen LogP contribution in [-0.2, 0) is 10.3 Å². The number of piperidine rings is 1. The topological polar surface area (TPSA) is 80.3 Å². The first-order chi connectivity index (χ1) is 16.0. The molecule has 1 amide bonds. The molecule has 0 radical (unpaired) electrons. The number of methoxy groups -OCH3 is 1. The van der Waals surface area contributed by atoms with Gasteiger partial charge in [-0.15, -0.1) is 13.2 Å². The Bertz CT molecular complexity index is 1180. The molecule has 182 valence electrons. The zero-order valence-electron chi connectivity index (χ0n) is 18.9. The summed E-state index contributed by atoms with van der Waals surface area (Å²) in [6.07, 6.45) is -2.61. The number of likely N-dealkylation sites (tertiary alicyclic amines) is 1. The molecule has 1 N–H and O–H groups in total. The van der Waals surface area contributed by atoms with E-state index in [0.29, 0.717) is 48.5 Å². The van der Waals surface area contributed by atoms with Gasteiger partial charge in [0.25, 0.3) is 5.91 Å². The summed E-state index contributed by atoms with van der Waals surface area (Å²) in [5.41, 5.74) is 0.952. The quantitative estimate of drug-likeness (QED) is 0.526. The Morgan fingerprint density at radius 3 is 2.38 bits per heavy atom. The summed E-state index contributed by atoms with van der Waals surface area (Å²) in [6, 6.07) is 4.80. The average molecular weight is 480 g/mol. The Hall–Kier alpha value is -3.21. The number of alkyl halides is 3. The molecule has 3 aromatic rings. The van der Waals surface area contributed by atoms with Crippen LogP contribution >= 0.6 is 0 Å². The number of H-pyrrole nitrogens is 1. The minimum Gasteiger partial charge on any atom is -0.406 e. The fourth-order valence-corrected chi connectivity index (χ4v) is 4.09. The maximum Gasteiger partial charge on any atom is 0.573 e. The van der Waals surface area contributed by atoms with E-state index in [0.717, 1.165) is 18.3 Å². The second kappa shape index (κ2) is 8.86. The molecule has 0 spiro atoms. The number of aromatic nitrogens is 3. The van der Waals surface area contributed by atoms with Crippen molar-refractivity contribution in [1.82, 2.24) is 19.9 Å². The second-order valence-corrected chi connectivity index (χ2v) is 8.66. The minimum atomic E-state index is -4.80. The van der Waals surface area contributed by atoms with Gasteiger partial charge in [-0.1, -0.05) is 0 Å². The van der Waals surface area contributed by atoms with Crippen LogP contribution in [0.2, 0.25) is 0 Å². The fraction of sp³-hybridized carbons (Fsp3) is 0.435. The Kier molecular flexibility index (Phi) is 6.24. The Balaban J connectivity index is 1.48. The molecule has 3 heterocycles. The molecule has 0 bridgehead atoms. The van der Waals surface area contributed by atoms with Crippen LogP contribution in [0.5, 0.6) is 5.75 Å². The van der Waals surface area contributed by atoms with E-state index in [-0.39, 0.29) is 17.4 Å². The van der Waals surface area contributed by atoms with Crippen molar-refractivity contribution < 1.29 is 31.8 Å². The van der Waals surface area contributed by atoms with Crippen molar-refractivity contribution in [2.45, 2.75) is 44.6 Å². The molecular formula is C23H24F4N4O3. The van der Waals surface area contributed by atoms with Gasteiger partial charge in [-0.05, 0) is 56.9 Å². The Morgan fingerprint density at radius 1 is 1.15 bits per heavy atom. The first-order valence-corrected chi connectivity index (χ1v) is 10.7. The fourth-order valence-electron chi connectivity index (χ4n) is 4.09. The molecule has 0 saturated carbocycles. The van der Waals surface area contributed by atoms with Gasteiger partial charge in [0.2, 0.25) is 0 Å². The van der Waals surface area contributed by atoms with Gasteiger partial charge in [0.15, 0.2) is 5.65 Å². The molecule has 1 saturated heterocycles. The molecule has 0 aliphatic carbocycles. The van der Waals surface area contributed by atoms with Crippen molar-refractivity contribution in [2.75, 3.05) is 20.2 Å². The van der Waals surface area contributed by atoms with E-state index in [4.69, 9.17) is 4.74 Å². The van der Waals surface area contributed by atoms with Crippen LogP contribution in [0.25, 0.3) is 11.2 Å². The number of halogens is 4. The number of carbonyl (C=O) groups is 1. The van der Waals surface area contributed by atoms with E-state index in [2.05, 4.69) is 19.7 Å². The zero-order chi connectivity index (χ0) is 24.7. The number of hydrogen-bond acceptors (Lipinski definition) is 5. The van der Waals surface area contributed by atoms with Gasteiger partial charge in [0.05, 0.1) is 11.7 Å². The number of nitrogens with zero attached hydrogens (tertiary/aromatic N) is 3. The number of nitrogens with one attached hydrogen (secondary N) is 1. The first kappa shape index (κ1) is 23.9. The van der Waals surface area contributed by atoms with Crippen LogP contribution in [-0.4, -0.2) is 52.3 Å². The summed E-state index contributed by atoms with van der Waals surface area (Å²) in [7, 11) is 1.56. The molecule has 1 fully saturated rings. The molecule has 1 aliphatic heterocycles. The number of ether oxygens (including phenoxy) is 2.